The fraction of sp³-hybridized carbons (Fsp3) is 0.480. The minimum absolute atomic E-state index is 0.196. The highest BCUT2D eigenvalue weighted by molar-refractivity contribution is 5.64. The Morgan fingerprint density at radius 2 is 1.90 bits per heavy atom. The van der Waals surface area contributed by atoms with Crippen molar-refractivity contribution >= 4 is 6.20 Å². The first-order valence-electron chi connectivity index (χ1n) is 11.0. The second-order valence-electron chi connectivity index (χ2n) is 8.92. The van der Waals surface area contributed by atoms with E-state index in [-0.39, 0.29) is 5.82 Å². The standard InChI is InChI=1S/C25H31F2N3/c1-17(2)29-10-4-5-19(14-29)15-30-16-22-12-21(7-9-24(22)28-25(30)13-26)20-6-8-23(27)18(3)11-20/h6-9,11-12,16-17,19,25H,4-5,10,13-15H2,1-3H3/t19-,25?/m0/s1. The Labute approximate surface area is 177 Å². The molecule has 0 radical (unpaired) electrons. The number of benzene rings is 2. The molecule has 4 rings (SSSR count). The van der Waals surface area contributed by atoms with Crippen molar-refractivity contribution in [2.75, 3.05) is 26.3 Å². The molecule has 0 aliphatic carbocycles. The number of piperidine rings is 1. The van der Waals surface area contributed by atoms with Crippen LogP contribution < -0.4 is 10.6 Å². The fourth-order valence-electron chi connectivity index (χ4n) is 4.59. The molecule has 0 spiro atoms. The van der Waals surface area contributed by atoms with Crippen molar-refractivity contribution in [3.05, 3.63) is 58.4 Å². The van der Waals surface area contributed by atoms with E-state index in [9.17, 15) is 8.78 Å². The van der Waals surface area contributed by atoms with Crippen LogP contribution in [0, 0.1) is 18.7 Å². The number of nitrogens with zero attached hydrogens (tertiary/aromatic N) is 3. The first-order valence-corrected chi connectivity index (χ1v) is 11.0. The third kappa shape index (κ3) is 4.41. The van der Waals surface area contributed by atoms with Crippen molar-refractivity contribution in [1.29, 1.82) is 0 Å². The molecule has 0 amide bonds. The summed E-state index contributed by atoms with van der Waals surface area (Å²) in [5.41, 5.74) is 2.62. The largest absolute Gasteiger partial charge is 0.353 e. The zero-order chi connectivity index (χ0) is 21.3. The average molecular weight is 412 g/mol. The molecule has 2 aliphatic heterocycles. The van der Waals surface area contributed by atoms with Crippen LogP contribution in [0.3, 0.4) is 0 Å². The van der Waals surface area contributed by atoms with Gasteiger partial charge in [-0.3, -0.25) is 4.99 Å². The molecular weight excluding hydrogens is 380 g/mol. The number of likely N-dealkylation sites (tertiary alicyclic amines) is 1. The Bertz CT molecular complexity index is 1020. The Morgan fingerprint density at radius 3 is 2.63 bits per heavy atom. The van der Waals surface area contributed by atoms with Crippen molar-refractivity contribution in [1.82, 2.24) is 9.80 Å². The summed E-state index contributed by atoms with van der Waals surface area (Å²) in [6.45, 7) is 8.79. The lowest BCUT2D eigenvalue weighted by molar-refractivity contribution is 0.112. The van der Waals surface area contributed by atoms with E-state index in [1.165, 1.54) is 18.9 Å². The number of aryl methyl sites for hydroxylation is 1. The number of hydrogen-bond donors (Lipinski definition) is 0. The predicted molar refractivity (Wildman–Crippen MR) is 118 cm³/mol. The van der Waals surface area contributed by atoms with E-state index >= 15 is 0 Å². The van der Waals surface area contributed by atoms with Crippen LogP contribution in [-0.2, 0) is 0 Å². The molecule has 1 saturated heterocycles. The maximum absolute atomic E-state index is 13.8. The van der Waals surface area contributed by atoms with E-state index in [2.05, 4.69) is 40.9 Å². The number of halogens is 2. The van der Waals surface area contributed by atoms with Crippen LogP contribution in [-0.4, -0.2) is 48.3 Å². The molecule has 2 aromatic rings. The molecule has 0 bridgehead atoms. The van der Waals surface area contributed by atoms with Crippen LogP contribution in [0.2, 0.25) is 0 Å². The van der Waals surface area contributed by atoms with Crippen LogP contribution in [0.4, 0.5) is 8.78 Å². The van der Waals surface area contributed by atoms with Crippen molar-refractivity contribution in [2.45, 2.75) is 45.8 Å². The van der Waals surface area contributed by atoms with Crippen LogP contribution in [0.5, 0.6) is 0 Å². The maximum atomic E-state index is 13.8. The van der Waals surface area contributed by atoms with Crippen molar-refractivity contribution in [3.63, 3.8) is 0 Å². The van der Waals surface area contributed by atoms with Gasteiger partial charge in [0.05, 0.1) is 5.36 Å². The Morgan fingerprint density at radius 1 is 1.13 bits per heavy atom. The number of hydrogen-bond acceptors (Lipinski definition) is 3. The summed E-state index contributed by atoms with van der Waals surface area (Å²) in [6, 6.07) is 11.7. The van der Waals surface area contributed by atoms with Gasteiger partial charge in [0.2, 0.25) is 0 Å². The number of alkyl halides is 1. The van der Waals surface area contributed by atoms with Crippen LogP contribution in [0.25, 0.3) is 17.3 Å². The van der Waals surface area contributed by atoms with E-state index in [0.29, 0.717) is 17.5 Å². The fourth-order valence-corrected chi connectivity index (χ4v) is 4.59. The highest BCUT2D eigenvalue weighted by Crippen LogP contribution is 2.23. The highest BCUT2D eigenvalue weighted by Gasteiger charge is 2.26. The van der Waals surface area contributed by atoms with Gasteiger partial charge < -0.3 is 9.80 Å². The molecule has 0 aromatic heterocycles. The Kier molecular flexibility index (Phi) is 6.19. The molecule has 2 aromatic carbocycles. The quantitative estimate of drug-likeness (QED) is 0.743. The molecule has 2 atom stereocenters. The third-order valence-electron chi connectivity index (χ3n) is 6.38. The average Bonchev–Trinajstić information content (AvgIpc) is 2.75. The summed E-state index contributed by atoms with van der Waals surface area (Å²) in [7, 11) is 0. The molecule has 1 unspecified atom stereocenters. The second kappa shape index (κ2) is 8.84. The van der Waals surface area contributed by atoms with Crippen molar-refractivity contribution in [2.24, 2.45) is 10.9 Å². The number of rotatable bonds is 5. The molecular formula is C25H31F2N3. The number of fused-ring (bicyclic) bond motifs is 1. The molecule has 0 saturated carbocycles. The topological polar surface area (TPSA) is 18.8 Å². The van der Waals surface area contributed by atoms with Crippen molar-refractivity contribution in [3.8, 4) is 11.1 Å². The molecule has 5 heteroatoms. The van der Waals surface area contributed by atoms with E-state index in [1.54, 1.807) is 13.0 Å². The minimum atomic E-state index is -0.491. The van der Waals surface area contributed by atoms with Gasteiger partial charge in [-0.25, -0.2) is 8.78 Å². The maximum Gasteiger partial charge on any atom is 0.150 e. The summed E-state index contributed by atoms with van der Waals surface area (Å²) in [4.78, 5) is 9.27. The Balaban J connectivity index is 1.62. The van der Waals surface area contributed by atoms with E-state index < -0.39 is 12.8 Å². The van der Waals surface area contributed by atoms with E-state index in [0.717, 1.165) is 41.3 Å². The van der Waals surface area contributed by atoms with Gasteiger partial charge in [-0.1, -0.05) is 12.1 Å². The monoisotopic (exact) mass is 411 g/mol. The summed E-state index contributed by atoms with van der Waals surface area (Å²) in [5, 5.41) is 1.82. The SMILES string of the molecule is Cc1cc(-c2ccc3c(c2)=CN(C[C@H]2CCCN(C(C)C)C2)C(CF)N=3)ccc1F. The van der Waals surface area contributed by atoms with E-state index in [4.69, 9.17) is 0 Å². The van der Waals surface area contributed by atoms with Gasteiger partial charge in [-0.2, -0.15) is 0 Å². The highest BCUT2D eigenvalue weighted by atomic mass is 19.1. The van der Waals surface area contributed by atoms with Gasteiger partial charge >= 0.3 is 0 Å². The first-order chi connectivity index (χ1) is 14.4. The molecule has 2 heterocycles. The van der Waals surface area contributed by atoms with Gasteiger partial charge in [-0.15, -0.1) is 0 Å². The minimum Gasteiger partial charge on any atom is -0.353 e. The first kappa shape index (κ1) is 21.0. The predicted octanol–water partition coefficient (Wildman–Crippen LogP) is 3.89. The molecule has 30 heavy (non-hydrogen) atoms. The summed E-state index contributed by atoms with van der Waals surface area (Å²) < 4.78 is 27.5. The molecule has 160 valence electrons. The summed E-state index contributed by atoms with van der Waals surface area (Å²) in [6.07, 6.45) is 3.99. The van der Waals surface area contributed by atoms with Crippen LogP contribution in [0.15, 0.2) is 41.4 Å². The van der Waals surface area contributed by atoms with Crippen LogP contribution in [0.1, 0.15) is 32.3 Å². The Hall–Kier alpha value is -2.27. The van der Waals surface area contributed by atoms with Gasteiger partial charge in [0.25, 0.3) is 0 Å². The third-order valence-corrected chi connectivity index (χ3v) is 6.38. The van der Waals surface area contributed by atoms with Gasteiger partial charge in [0, 0.05) is 30.5 Å². The van der Waals surface area contributed by atoms with Crippen LogP contribution >= 0.6 is 0 Å². The van der Waals surface area contributed by atoms with Gasteiger partial charge in [0.15, 0.2) is 0 Å². The zero-order valence-electron chi connectivity index (χ0n) is 18.1. The van der Waals surface area contributed by atoms with Crippen molar-refractivity contribution < 1.29 is 8.78 Å². The lowest BCUT2D eigenvalue weighted by Crippen LogP contribution is -2.48. The van der Waals surface area contributed by atoms with Gasteiger partial charge in [-0.05, 0) is 87.0 Å². The molecule has 2 aliphatic rings. The lowest BCUT2D eigenvalue weighted by atomic mass is 9.96. The molecule has 1 fully saturated rings. The molecule has 0 N–H and O–H groups in total. The normalized spacial score (nSPS) is 21.9. The summed E-state index contributed by atoms with van der Waals surface area (Å²) >= 11 is 0. The van der Waals surface area contributed by atoms with E-state index in [1.807, 2.05) is 18.2 Å². The lowest BCUT2D eigenvalue weighted by Gasteiger charge is -2.39. The zero-order valence-corrected chi connectivity index (χ0v) is 18.1. The summed E-state index contributed by atoms with van der Waals surface area (Å²) in [5.74, 6) is 0.323. The smallest absolute Gasteiger partial charge is 0.150 e. The molecule has 3 nitrogen and oxygen atoms in total. The second-order valence-corrected chi connectivity index (χ2v) is 8.92. The van der Waals surface area contributed by atoms with Gasteiger partial charge in [0.1, 0.15) is 18.7 Å².